The molecule has 29 heavy (non-hydrogen) atoms. The van der Waals surface area contributed by atoms with Gasteiger partial charge in [0.25, 0.3) is 0 Å². The maximum Gasteiger partial charge on any atom is 0.146 e. The van der Waals surface area contributed by atoms with Crippen LogP contribution in [-0.4, -0.2) is 32.4 Å². The number of fused-ring (bicyclic) bond motifs is 1. The molecule has 7 heteroatoms. The number of benzene rings is 1. The molecular weight excluding hydrogens is 405 g/mol. The van der Waals surface area contributed by atoms with Crippen molar-refractivity contribution in [3.05, 3.63) is 70.4 Å². The van der Waals surface area contributed by atoms with Crippen LogP contribution in [0.2, 0.25) is 10.0 Å². The lowest BCUT2D eigenvalue weighted by atomic mass is 9.92. The molecule has 1 aromatic carbocycles. The molecule has 1 N–H and O–H groups in total. The minimum atomic E-state index is 0.505. The summed E-state index contributed by atoms with van der Waals surface area (Å²) in [7, 11) is 0. The van der Waals surface area contributed by atoms with Crippen LogP contribution in [0, 0.1) is 6.92 Å². The summed E-state index contributed by atoms with van der Waals surface area (Å²) in [6.07, 6.45) is 5.85. The molecule has 0 saturated carbocycles. The summed E-state index contributed by atoms with van der Waals surface area (Å²) >= 11 is 12.5. The Morgan fingerprint density at radius 1 is 1.03 bits per heavy atom. The Labute approximate surface area is 179 Å². The third-order valence-corrected chi connectivity index (χ3v) is 6.16. The molecule has 1 aliphatic heterocycles. The number of aromatic nitrogens is 4. The molecule has 1 aliphatic rings. The number of aryl methyl sites for hydroxylation is 1. The highest BCUT2D eigenvalue weighted by Gasteiger charge is 2.25. The van der Waals surface area contributed by atoms with Crippen molar-refractivity contribution in [2.45, 2.75) is 25.7 Å². The molecule has 0 aliphatic carbocycles. The molecule has 0 unspecified atom stereocenters. The SMILES string of the molecule is Cc1[nH]cnc1C1CCN(c2cccc3cnc(-c4cc(Cl)cc(Cl)c4)n23)CC1. The number of nitrogens with one attached hydrogen (secondary N) is 1. The van der Waals surface area contributed by atoms with Gasteiger partial charge in [0.2, 0.25) is 0 Å². The second kappa shape index (κ2) is 7.39. The maximum atomic E-state index is 6.24. The summed E-state index contributed by atoms with van der Waals surface area (Å²) < 4.78 is 2.20. The van der Waals surface area contributed by atoms with Gasteiger partial charge in [0.1, 0.15) is 11.6 Å². The molecule has 4 aromatic rings. The topological polar surface area (TPSA) is 49.2 Å². The number of hydrogen-bond donors (Lipinski definition) is 1. The summed E-state index contributed by atoms with van der Waals surface area (Å²) in [5.74, 6) is 2.50. The molecule has 1 fully saturated rings. The molecule has 0 bridgehead atoms. The number of hydrogen-bond acceptors (Lipinski definition) is 3. The zero-order chi connectivity index (χ0) is 20.0. The van der Waals surface area contributed by atoms with Crippen LogP contribution >= 0.6 is 23.2 Å². The predicted octanol–water partition coefficient (Wildman–Crippen LogP) is 5.72. The van der Waals surface area contributed by atoms with Crippen molar-refractivity contribution in [1.82, 2.24) is 19.4 Å². The molecular formula is C22H21Cl2N5. The van der Waals surface area contributed by atoms with E-state index in [4.69, 9.17) is 23.2 Å². The lowest BCUT2D eigenvalue weighted by Crippen LogP contribution is -2.34. The highest BCUT2D eigenvalue weighted by atomic mass is 35.5. The predicted molar refractivity (Wildman–Crippen MR) is 118 cm³/mol. The van der Waals surface area contributed by atoms with Gasteiger partial charge in [-0.1, -0.05) is 29.3 Å². The lowest BCUT2D eigenvalue weighted by Gasteiger charge is -2.33. The highest BCUT2D eigenvalue weighted by Crippen LogP contribution is 2.34. The van der Waals surface area contributed by atoms with Crippen molar-refractivity contribution in [1.29, 1.82) is 0 Å². The van der Waals surface area contributed by atoms with E-state index < -0.39 is 0 Å². The van der Waals surface area contributed by atoms with Gasteiger partial charge in [-0.3, -0.25) is 4.40 Å². The quantitative estimate of drug-likeness (QED) is 0.456. The van der Waals surface area contributed by atoms with Gasteiger partial charge in [0.15, 0.2) is 0 Å². The minimum Gasteiger partial charge on any atom is -0.358 e. The third kappa shape index (κ3) is 3.38. The average Bonchev–Trinajstić information content (AvgIpc) is 3.33. The van der Waals surface area contributed by atoms with E-state index in [9.17, 15) is 0 Å². The maximum absolute atomic E-state index is 6.24. The van der Waals surface area contributed by atoms with Crippen LogP contribution in [0.4, 0.5) is 5.82 Å². The monoisotopic (exact) mass is 425 g/mol. The van der Waals surface area contributed by atoms with Crippen molar-refractivity contribution in [2.75, 3.05) is 18.0 Å². The summed E-state index contributed by atoms with van der Waals surface area (Å²) in [6.45, 7) is 4.05. The number of piperidine rings is 1. The highest BCUT2D eigenvalue weighted by molar-refractivity contribution is 6.35. The van der Waals surface area contributed by atoms with E-state index in [1.165, 1.54) is 11.4 Å². The molecule has 0 radical (unpaired) electrons. The Hall–Kier alpha value is -2.50. The summed E-state index contributed by atoms with van der Waals surface area (Å²) in [5.41, 5.74) is 4.36. The van der Waals surface area contributed by atoms with Crippen LogP contribution < -0.4 is 4.90 Å². The normalized spacial score (nSPS) is 15.3. The van der Waals surface area contributed by atoms with Gasteiger partial charge < -0.3 is 9.88 Å². The summed E-state index contributed by atoms with van der Waals surface area (Å²) in [6, 6.07) is 11.9. The van der Waals surface area contributed by atoms with Gasteiger partial charge in [0, 0.05) is 40.3 Å². The molecule has 5 nitrogen and oxygen atoms in total. The van der Waals surface area contributed by atoms with Crippen LogP contribution in [0.5, 0.6) is 0 Å². The van der Waals surface area contributed by atoms with Crippen LogP contribution in [0.3, 0.4) is 0 Å². The second-order valence-corrected chi connectivity index (χ2v) is 8.43. The molecule has 0 spiro atoms. The zero-order valence-electron chi connectivity index (χ0n) is 16.1. The number of pyridine rings is 1. The Bertz CT molecular complexity index is 1150. The van der Waals surface area contributed by atoms with Gasteiger partial charge in [-0.05, 0) is 50.1 Å². The van der Waals surface area contributed by atoms with Crippen molar-refractivity contribution in [2.24, 2.45) is 0 Å². The molecule has 5 rings (SSSR count). The molecule has 0 atom stereocenters. The number of anilines is 1. The number of aromatic amines is 1. The summed E-state index contributed by atoms with van der Waals surface area (Å²) in [4.78, 5) is 14.8. The number of imidazole rings is 2. The van der Waals surface area contributed by atoms with Crippen molar-refractivity contribution in [3.8, 4) is 11.4 Å². The van der Waals surface area contributed by atoms with E-state index in [1.54, 1.807) is 12.4 Å². The number of rotatable bonds is 3. The van der Waals surface area contributed by atoms with Gasteiger partial charge >= 0.3 is 0 Å². The fourth-order valence-corrected chi connectivity index (χ4v) is 4.85. The van der Waals surface area contributed by atoms with E-state index >= 15 is 0 Å². The minimum absolute atomic E-state index is 0.505. The van der Waals surface area contributed by atoms with E-state index in [-0.39, 0.29) is 0 Å². The van der Waals surface area contributed by atoms with Gasteiger partial charge in [-0.2, -0.15) is 0 Å². The summed E-state index contributed by atoms with van der Waals surface area (Å²) in [5, 5.41) is 1.22. The number of H-pyrrole nitrogens is 1. The lowest BCUT2D eigenvalue weighted by molar-refractivity contribution is 0.492. The first-order chi connectivity index (χ1) is 14.1. The first kappa shape index (κ1) is 18.5. The fourth-order valence-electron chi connectivity index (χ4n) is 4.33. The Morgan fingerprint density at radius 3 is 2.48 bits per heavy atom. The van der Waals surface area contributed by atoms with Gasteiger partial charge in [0.05, 0.1) is 23.7 Å². The van der Waals surface area contributed by atoms with Crippen molar-refractivity contribution >= 4 is 34.5 Å². The Balaban J connectivity index is 1.50. The van der Waals surface area contributed by atoms with Gasteiger partial charge in [-0.25, -0.2) is 9.97 Å². The Kier molecular flexibility index (Phi) is 4.72. The second-order valence-electron chi connectivity index (χ2n) is 7.56. The van der Waals surface area contributed by atoms with Gasteiger partial charge in [-0.15, -0.1) is 0 Å². The molecule has 1 saturated heterocycles. The average molecular weight is 426 g/mol. The largest absolute Gasteiger partial charge is 0.358 e. The van der Waals surface area contributed by atoms with E-state index in [2.05, 4.69) is 49.4 Å². The first-order valence-corrected chi connectivity index (χ1v) is 10.5. The van der Waals surface area contributed by atoms with E-state index in [0.29, 0.717) is 16.0 Å². The molecule has 148 valence electrons. The molecule has 0 amide bonds. The van der Waals surface area contributed by atoms with E-state index in [1.807, 2.05) is 18.3 Å². The van der Waals surface area contributed by atoms with Crippen LogP contribution in [0.15, 0.2) is 48.9 Å². The van der Waals surface area contributed by atoms with Crippen LogP contribution in [0.25, 0.3) is 16.9 Å². The smallest absolute Gasteiger partial charge is 0.146 e. The Morgan fingerprint density at radius 2 is 1.79 bits per heavy atom. The van der Waals surface area contributed by atoms with E-state index in [0.717, 1.165) is 48.7 Å². The van der Waals surface area contributed by atoms with Crippen molar-refractivity contribution < 1.29 is 0 Å². The first-order valence-electron chi connectivity index (χ1n) is 9.78. The van der Waals surface area contributed by atoms with Crippen LogP contribution in [-0.2, 0) is 0 Å². The molecule has 4 heterocycles. The molecule has 3 aromatic heterocycles. The number of nitrogens with zero attached hydrogens (tertiary/aromatic N) is 4. The standard InChI is InChI=1S/C22H21Cl2N5/c1-14-21(27-13-26-14)15-5-7-28(8-6-15)20-4-2-3-19-12-25-22(29(19)20)16-9-17(23)11-18(24)10-16/h2-4,9-13,15H,5-8H2,1H3,(H,26,27). The number of halogens is 2. The fraction of sp³-hybridized carbons (Fsp3) is 0.273. The van der Waals surface area contributed by atoms with Crippen LogP contribution in [0.1, 0.15) is 30.1 Å². The van der Waals surface area contributed by atoms with Crippen molar-refractivity contribution in [3.63, 3.8) is 0 Å². The third-order valence-electron chi connectivity index (χ3n) is 5.73. The zero-order valence-corrected chi connectivity index (χ0v) is 17.6.